The zero-order chi connectivity index (χ0) is 19.9. The molecule has 2 amide bonds. The van der Waals surface area contributed by atoms with E-state index in [0.29, 0.717) is 23.2 Å². The maximum absolute atomic E-state index is 12.2. The highest BCUT2D eigenvalue weighted by molar-refractivity contribution is 7.08. The molecule has 3 rings (SSSR count). The number of aryl methyl sites for hydroxylation is 1. The van der Waals surface area contributed by atoms with Crippen LogP contribution in [-0.2, 0) is 11.2 Å². The lowest BCUT2D eigenvalue weighted by Crippen LogP contribution is -2.41. The molecule has 2 aromatic heterocycles. The monoisotopic (exact) mass is 402 g/mol. The molecule has 0 aliphatic heterocycles. The molecule has 0 unspecified atom stereocenters. The van der Waals surface area contributed by atoms with Crippen LogP contribution in [0, 0.1) is 0 Å². The topological polar surface area (TPSA) is 116 Å². The van der Waals surface area contributed by atoms with Gasteiger partial charge in [-0.3, -0.25) is 20.4 Å². The Bertz CT molecular complexity index is 933. The van der Waals surface area contributed by atoms with Crippen LogP contribution in [0.5, 0.6) is 11.5 Å². The molecule has 0 atom stereocenters. The molecule has 0 aliphatic carbocycles. The highest BCUT2D eigenvalue weighted by Gasteiger charge is 2.13. The molecule has 0 saturated heterocycles. The quantitative estimate of drug-likeness (QED) is 0.582. The van der Waals surface area contributed by atoms with Gasteiger partial charge in [0.1, 0.15) is 11.5 Å². The summed E-state index contributed by atoms with van der Waals surface area (Å²) in [6.45, 7) is 0. The molecule has 146 valence electrons. The average molecular weight is 402 g/mol. The molecule has 0 spiro atoms. The fourth-order valence-corrected chi connectivity index (χ4v) is 2.92. The zero-order valence-corrected chi connectivity index (χ0v) is 16.0. The minimum absolute atomic E-state index is 0.0764. The van der Waals surface area contributed by atoms with Crippen LogP contribution in [0.1, 0.15) is 22.7 Å². The number of nitrogens with one attached hydrogen (secondary N) is 2. The Morgan fingerprint density at radius 3 is 2.54 bits per heavy atom. The van der Waals surface area contributed by atoms with Crippen LogP contribution in [0.4, 0.5) is 0 Å². The first-order valence-corrected chi connectivity index (χ1v) is 9.20. The molecule has 1 aromatic carbocycles. The van der Waals surface area contributed by atoms with Gasteiger partial charge < -0.3 is 14.0 Å². The highest BCUT2D eigenvalue weighted by Crippen LogP contribution is 2.22. The van der Waals surface area contributed by atoms with Gasteiger partial charge in [-0.05, 0) is 23.6 Å². The van der Waals surface area contributed by atoms with E-state index in [1.54, 1.807) is 6.07 Å². The standard InChI is InChI=1S/C18H18N4O5S/c1-25-13-7-12(8-14(9-13)26-2)18(24)21-20-15(23)3-4-16-19-17(22-27-16)11-5-6-28-10-11/h5-10H,3-4H2,1-2H3,(H,20,23)(H,21,24). The molecule has 0 radical (unpaired) electrons. The Balaban J connectivity index is 1.50. The van der Waals surface area contributed by atoms with Crippen molar-refractivity contribution in [1.82, 2.24) is 21.0 Å². The summed E-state index contributed by atoms with van der Waals surface area (Å²) in [6, 6.07) is 6.60. The van der Waals surface area contributed by atoms with Crippen LogP contribution in [0.25, 0.3) is 11.4 Å². The molecule has 0 aliphatic rings. The van der Waals surface area contributed by atoms with Crippen molar-refractivity contribution in [3.63, 3.8) is 0 Å². The molecule has 2 N–H and O–H groups in total. The summed E-state index contributed by atoms with van der Waals surface area (Å²) in [6.07, 6.45) is 0.332. The van der Waals surface area contributed by atoms with E-state index in [9.17, 15) is 9.59 Å². The van der Waals surface area contributed by atoms with Crippen molar-refractivity contribution in [1.29, 1.82) is 0 Å². The number of nitrogens with zero attached hydrogens (tertiary/aromatic N) is 2. The number of rotatable bonds is 7. The predicted molar refractivity (Wildman–Crippen MR) is 101 cm³/mol. The molecular weight excluding hydrogens is 384 g/mol. The Morgan fingerprint density at radius 2 is 1.89 bits per heavy atom. The van der Waals surface area contributed by atoms with Gasteiger partial charge in [0.2, 0.25) is 17.6 Å². The second-order valence-corrected chi connectivity index (χ2v) is 6.41. The molecule has 9 nitrogen and oxygen atoms in total. The lowest BCUT2D eigenvalue weighted by Gasteiger charge is -2.10. The van der Waals surface area contributed by atoms with Gasteiger partial charge in [0, 0.05) is 35.4 Å². The van der Waals surface area contributed by atoms with E-state index in [4.69, 9.17) is 14.0 Å². The van der Waals surface area contributed by atoms with Gasteiger partial charge in [0.15, 0.2) is 0 Å². The van der Waals surface area contributed by atoms with Gasteiger partial charge in [0.25, 0.3) is 5.91 Å². The average Bonchev–Trinajstić information content (AvgIpc) is 3.41. The zero-order valence-electron chi connectivity index (χ0n) is 15.2. The largest absolute Gasteiger partial charge is 0.497 e. The SMILES string of the molecule is COc1cc(OC)cc(C(=O)NNC(=O)CCc2nc(-c3ccsc3)no2)c1. The Kier molecular flexibility index (Phi) is 6.22. The van der Waals surface area contributed by atoms with Crippen molar-refractivity contribution in [2.75, 3.05) is 14.2 Å². The summed E-state index contributed by atoms with van der Waals surface area (Å²) < 4.78 is 15.4. The van der Waals surface area contributed by atoms with E-state index in [1.165, 1.54) is 37.7 Å². The van der Waals surface area contributed by atoms with Crippen LogP contribution in [0.3, 0.4) is 0 Å². The summed E-state index contributed by atoms with van der Waals surface area (Å²) in [4.78, 5) is 28.4. The van der Waals surface area contributed by atoms with Gasteiger partial charge in [0.05, 0.1) is 14.2 Å². The van der Waals surface area contributed by atoms with Crippen LogP contribution in [-0.4, -0.2) is 36.2 Å². The number of hydrazine groups is 1. The third kappa shape index (κ3) is 4.86. The molecule has 0 saturated carbocycles. The van der Waals surface area contributed by atoms with Crippen molar-refractivity contribution >= 4 is 23.2 Å². The Morgan fingerprint density at radius 1 is 1.14 bits per heavy atom. The number of hydrogen-bond donors (Lipinski definition) is 2. The summed E-state index contributed by atoms with van der Waals surface area (Å²) in [5, 5.41) is 7.70. The Labute approximate surface area is 164 Å². The number of carbonyl (C=O) groups excluding carboxylic acids is 2. The van der Waals surface area contributed by atoms with Gasteiger partial charge in [-0.2, -0.15) is 16.3 Å². The normalized spacial score (nSPS) is 10.4. The Hall–Kier alpha value is -3.40. The summed E-state index contributed by atoms with van der Waals surface area (Å²) in [5.74, 6) is 0.876. The van der Waals surface area contributed by atoms with Crippen molar-refractivity contribution in [2.45, 2.75) is 12.8 Å². The maximum Gasteiger partial charge on any atom is 0.269 e. The second kappa shape index (κ2) is 9.00. The number of methoxy groups -OCH3 is 2. The van der Waals surface area contributed by atoms with Gasteiger partial charge >= 0.3 is 0 Å². The van der Waals surface area contributed by atoms with Crippen LogP contribution in [0.15, 0.2) is 39.5 Å². The third-order valence-electron chi connectivity index (χ3n) is 3.74. The van der Waals surface area contributed by atoms with E-state index in [0.717, 1.165) is 5.56 Å². The van der Waals surface area contributed by atoms with Crippen molar-refractivity contribution in [3.05, 3.63) is 46.5 Å². The fourth-order valence-electron chi connectivity index (χ4n) is 2.29. The van der Waals surface area contributed by atoms with Crippen LogP contribution >= 0.6 is 11.3 Å². The van der Waals surface area contributed by atoms with Gasteiger partial charge in [-0.15, -0.1) is 0 Å². The van der Waals surface area contributed by atoms with Crippen molar-refractivity contribution in [3.8, 4) is 22.9 Å². The lowest BCUT2D eigenvalue weighted by molar-refractivity contribution is -0.121. The number of benzene rings is 1. The van der Waals surface area contributed by atoms with Gasteiger partial charge in [-0.25, -0.2) is 0 Å². The van der Waals surface area contributed by atoms with Crippen LogP contribution in [0.2, 0.25) is 0 Å². The number of aromatic nitrogens is 2. The highest BCUT2D eigenvalue weighted by atomic mass is 32.1. The molecular formula is C18H18N4O5S. The first-order valence-electron chi connectivity index (χ1n) is 8.26. The molecule has 2 heterocycles. The molecule has 10 heteroatoms. The molecule has 3 aromatic rings. The minimum Gasteiger partial charge on any atom is -0.497 e. The maximum atomic E-state index is 12.2. The second-order valence-electron chi connectivity index (χ2n) is 5.63. The van der Waals surface area contributed by atoms with E-state index in [1.807, 2.05) is 16.8 Å². The number of amides is 2. The van der Waals surface area contributed by atoms with Crippen LogP contribution < -0.4 is 20.3 Å². The van der Waals surface area contributed by atoms with E-state index in [2.05, 4.69) is 21.0 Å². The number of hydrogen-bond acceptors (Lipinski definition) is 8. The third-order valence-corrected chi connectivity index (χ3v) is 4.43. The summed E-state index contributed by atoms with van der Waals surface area (Å²) in [7, 11) is 2.97. The number of thiophene rings is 1. The van der Waals surface area contributed by atoms with E-state index < -0.39 is 11.8 Å². The van der Waals surface area contributed by atoms with Crippen molar-refractivity contribution in [2.24, 2.45) is 0 Å². The van der Waals surface area contributed by atoms with Crippen molar-refractivity contribution < 1.29 is 23.6 Å². The number of carbonyl (C=O) groups is 2. The van der Waals surface area contributed by atoms with E-state index >= 15 is 0 Å². The van der Waals surface area contributed by atoms with E-state index in [-0.39, 0.29) is 18.4 Å². The first-order chi connectivity index (χ1) is 13.6. The minimum atomic E-state index is -0.497. The molecule has 0 fully saturated rings. The lowest BCUT2D eigenvalue weighted by atomic mass is 10.2. The first kappa shape index (κ1) is 19.4. The smallest absolute Gasteiger partial charge is 0.269 e. The fraction of sp³-hybridized carbons (Fsp3) is 0.222. The summed E-state index contributed by atoms with van der Waals surface area (Å²) in [5.41, 5.74) is 5.85. The van der Waals surface area contributed by atoms with Gasteiger partial charge in [-0.1, -0.05) is 5.16 Å². The molecule has 28 heavy (non-hydrogen) atoms. The number of ether oxygens (including phenoxy) is 2. The predicted octanol–water partition coefficient (Wildman–Crippen LogP) is 2.21. The molecule has 0 bridgehead atoms. The summed E-state index contributed by atoms with van der Waals surface area (Å²) >= 11 is 1.53.